The lowest BCUT2D eigenvalue weighted by atomic mass is 10.0. The quantitative estimate of drug-likeness (QED) is 0.824. The van der Waals surface area contributed by atoms with Gasteiger partial charge in [0.2, 0.25) is 0 Å². The van der Waals surface area contributed by atoms with Crippen LogP contribution in [0.5, 0.6) is 11.5 Å². The molecule has 1 fully saturated rings. The Hall–Kier alpha value is -1.22. The highest BCUT2D eigenvalue weighted by Gasteiger charge is 2.37. The summed E-state index contributed by atoms with van der Waals surface area (Å²) in [6.07, 6.45) is 4.41. The number of rotatable bonds is 6. The molecular weight excluding hydrogens is 214 g/mol. The van der Waals surface area contributed by atoms with Gasteiger partial charge >= 0.3 is 0 Å². The average molecular weight is 235 g/mol. The van der Waals surface area contributed by atoms with Crippen LogP contribution in [0, 0.1) is 0 Å². The number of hydrogen-bond donors (Lipinski definition) is 1. The molecule has 0 radical (unpaired) electrons. The van der Waals surface area contributed by atoms with E-state index in [1.807, 2.05) is 13.0 Å². The highest BCUT2D eigenvalue weighted by Crippen LogP contribution is 2.37. The lowest BCUT2D eigenvalue weighted by Gasteiger charge is -2.12. The van der Waals surface area contributed by atoms with Crippen LogP contribution in [0.25, 0.3) is 0 Å². The number of aryl methyl sites for hydroxylation is 1. The van der Waals surface area contributed by atoms with Gasteiger partial charge in [-0.15, -0.1) is 0 Å². The van der Waals surface area contributed by atoms with Crippen LogP contribution in [0.2, 0.25) is 0 Å². The SMILES string of the molecule is CCOc1ccc(CCC2(N)CC2)cc1OC. The number of ether oxygens (including phenoxy) is 2. The number of benzene rings is 1. The molecule has 0 unspecified atom stereocenters. The lowest BCUT2D eigenvalue weighted by molar-refractivity contribution is 0.310. The van der Waals surface area contributed by atoms with Crippen molar-refractivity contribution in [3.63, 3.8) is 0 Å². The first-order valence-corrected chi connectivity index (χ1v) is 6.25. The van der Waals surface area contributed by atoms with Crippen molar-refractivity contribution < 1.29 is 9.47 Å². The van der Waals surface area contributed by atoms with Crippen LogP contribution >= 0.6 is 0 Å². The zero-order valence-electron chi connectivity index (χ0n) is 10.7. The van der Waals surface area contributed by atoms with Crippen molar-refractivity contribution in [3.8, 4) is 11.5 Å². The molecule has 0 saturated heterocycles. The maximum absolute atomic E-state index is 6.09. The number of nitrogens with two attached hydrogens (primary N) is 1. The highest BCUT2D eigenvalue weighted by atomic mass is 16.5. The Balaban J connectivity index is 2.02. The Bertz CT molecular complexity index is 386. The first kappa shape index (κ1) is 12.2. The third-order valence-corrected chi connectivity index (χ3v) is 3.33. The zero-order valence-corrected chi connectivity index (χ0v) is 10.7. The maximum atomic E-state index is 6.09. The number of hydrogen-bond acceptors (Lipinski definition) is 3. The van der Waals surface area contributed by atoms with Crippen molar-refractivity contribution in [2.45, 2.75) is 38.1 Å². The van der Waals surface area contributed by atoms with Crippen LogP contribution in [0.3, 0.4) is 0 Å². The van der Waals surface area contributed by atoms with Crippen LogP contribution in [0.4, 0.5) is 0 Å². The van der Waals surface area contributed by atoms with E-state index in [-0.39, 0.29) is 5.54 Å². The molecule has 0 aromatic heterocycles. The molecule has 0 bridgehead atoms. The van der Waals surface area contributed by atoms with Crippen molar-refractivity contribution in [3.05, 3.63) is 23.8 Å². The van der Waals surface area contributed by atoms with Crippen LogP contribution in [0.15, 0.2) is 18.2 Å². The first-order chi connectivity index (χ1) is 8.17. The molecule has 94 valence electrons. The summed E-state index contributed by atoms with van der Waals surface area (Å²) in [4.78, 5) is 0. The molecular formula is C14H21NO2. The van der Waals surface area contributed by atoms with Gasteiger partial charge in [-0.2, -0.15) is 0 Å². The van der Waals surface area contributed by atoms with Gasteiger partial charge in [0.15, 0.2) is 11.5 Å². The minimum absolute atomic E-state index is 0.117. The molecule has 1 saturated carbocycles. The van der Waals surface area contributed by atoms with E-state index in [2.05, 4.69) is 12.1 Å². The molecule has 0 atom stereocenters. The molecule has 1 aliphatic rings. The fourth-order valence-corrected chi connectivity index (χ4v) is 1.95. The molecule has 1 aromatic carbocycles. The van der Waals surface area contributed by atoms with Crippen molar-refractivity contribution in [1.29, 1.82) is 0 Å². The predicted molar refractivity (Wildman–Crippen MR) is 68.6 cm³/mol. The fourth-order valence-electron chi connectivity index (χ4n) is 1.95. The van der Waals surface area contributed by atoms with Gasteiger partial charge in [0, 0.05) is 5.54 Å². The van der Waals surface area contributed by atoms with Gasteiger partial charge in [-0.1, -0.05) is 6.07 Å². The van der Waals surface area contributed by atoms with E-state index in [0.717, 1.165) is 24.3 Å². The summed E-state index contributed by atoms with van der Waals surface area (Å²) in [5, 5.41) is 0. The van der Waals surface area contributed by atoms with Gasteiger partial charge in [-0.25, -0.2) is 0 Å². The summed E-state index contributed by atoms with van der Waals surface area (Å²) in [5.41, 5.74) is 7.47. The molecule has 2 rings (SSSR count). The van der Waals surface area contributed by atoms with Gasteiger partial charge in [-0.05, 0) is 50.3 Å². The second kappa shape index (κ2) is 4.96. The predicted octanol–water partition coefficient (Wildman–Crippen LogP) is 2.52. The van der Waals surface area contributed by atoms with Gasteiger partial charge in [0.05, 0.1) is 13.7 Å². The smallest absolute Gasteiger partial charge is 0.161 e. The Morgan fingerprint density at radius 2 is 2.06 bits per heavy atom. The summed E-state index contributed by atoms with van der Waals surface area (Å²) >= 11 is 0. The standard InChI is InChI=1S/C14H21NO2/c1-3-17-12-5-4-11(10-13(12)16-2)6-7-14(15)8-9-14/h4-5,10H,3,6-9,15H2,1-2H3. The van der Waals surface area contributed by atoms with E-state index in [1.165, 1.54) is 18.4 Å². The van der Waals surface area contributed by atoms with Crippen molar-refractivity contribution in [1.82, 2.24) is 0 Å². The topological polar surface area (TPSA) is 44.5 Å². The molecule has 0 spiro atoms. The highest BCUT2D eigenvalue weighted by molar-refractivity contribution is 5.43. The fraction of sp³-hybridized carbons (Fsp3) is 0.571. The van der Waals surface area contributed by atoms with Crippen LogP contribution in [-0.2, 0) is 6.42 Å². The molecule has 3 nitrogen and oxygen atoms in total. The number of methoxy groups -OCH3 is 1. The van der Waals surface area contributed by atoms with Crippen LogP contribution in [0.1, 0.15) is 31.7 Å². The molecule has 1 aliphatic carbocycles. The molecule has 1 aromatic rings. The Labute approximate surface area is 103 Å². The molecule has 17 heavy (non-hydrogen) atoms. The minimum Gasteiger partial charge on any atom is -0.493 e. The van der Waals surface area contributed by atoms with Crippen molar-refractivity contribution >= 4 is 0 Å². The second-order valence-electron chi connectivity index (χ2n) is 4.78. The van der Waals surface area contributed by atoms with Crippen LogP contribution in [-0.4, -0.2) is 19.3 Å². The largest absolute Gasteiger partial charge is 0.493 e. The summed E-state index contributed by atoms with van der Waals surface area (Å²) < 4.78 is 10.8. The Morgan fingerprint density at radius 1 is 1.29 bits per heavy atom. The van der Waals surface area contributed by atoms with Crippen LogP contribution < -0.4 is 15.2 Å². The normalized spacial score (nSPS) is 16.6. The van der Waals surface area contributed by atoms with Gasteiger partial charge in [0.25, 0.3) is 0 Å². The molecule has 0 aliphatic heterocycles. The molecule has 2 N–H and O–H groups in total. The summed E-state index contributed by atoms with van der Waals surface area (Å²) in [6.45, 7) is 2.63. The van der Waals surface area contributed by atoms with E-state index in [4.69, 9.17) is 15.2 Å². The molecule has 3 heteroatoms. The monoisotopic (exact) mass is 235 g/mol. The average Bonchev–Trinajstić information content (AvgIpc) is 3.07. The van der Waals surface area contributed by atoms with Gasteiger partial charge < -0.3 is 15.2 Å². The van der Waals surface area contributed by atoms with E-state index in [0.29, 0.717) is 6.61 Å². The summed E-state index contributed by atoms with van der Waals surface area (Å²) in [6, 6.07) is 6.13. The first-order valence-electron chi connectivity index (χ1n) is 6.25. The molecule has 0 heterocycles. The van der Waals surface area contributed by atoms with E-state index in [1.54, 1.807) is 7.11 Å². The van der Waals surface area contributed by atoms with Crippen molar-refractivity contribution in [2.75, 3.05) is 13.7 Å². The minimum atomic E-state index is 0.117. The second-order valence-corrected chi connectivity index (χ2v) is 4.78. The van der Waals surface area contributed by atoms with Gasteiger partial charge in [0.1, 0.15) is 0 Å². The summed E-state index contributed by atoms with van der Waals surface area (Å²) in [7, 11) is 1.67. The Kier molecular flexibility index (Phi) is 3.57. The third kappa shape index (κ3) is 3.13. The summed E-state index contributed by atoms with van der Waals surface area (Å²) in [5.74, 6) is 1.62. The Morgan fingerprint density at radius 3 is 2.65 bits per heavy atom. The third-order valence-electron chi connectivity index (χ3n) is 3.33. The zero-order chi connectivity index (χ0) is 12.3. The lowest BCUT2D eigenvalue weighted by Crippen LogP contribution is -2.22. The maximum Gasteiger partial charge on any atom is 0.161 e. The van der Waals surface area contributed by atoms with E-state index in [9.17, 15) is 0 Å². The molecule has 0 amide bonds. The van der Waals surface area contributed by atoms with Gasteiger partial charge in [-0.3, -0.25) is 0 Å². The van der Waals surface area contributed by atoms with Crippen molar-refractivity contribution in [2.24, 2.45) is 5.73 Å². The van der Waals surface area contributed by atoms with E-state index < -0.39 is 0 Å². The van der Waals surface area contributed by atoms with E-state index >= 15 is 0 Å².